The molecular formula is C13H17NO2S. The topological polar surface area (TPSA) is 34.4 Å². The Labute approximate surface area is 105 Å². The van der Waals surface area contributed by atoms with Crippen LogP contribution in [0.25, 0.3) is 0 Å². The van der Waals surface area contributed by atoms with Gasteiger partial charge in [-0.3, -0.25) is 0 Å². The smallest absolute Gasteiger partial charge is 0.129 e. The molecular weight excluding hydrogens is 234 g/mol. The van der Waals surface area contributed by atoms with Crippen LogP contribution in [0.5, 0.6) is 0 Å². The predicted octanol–water partition coefficient (Wildman–Crippen LogP) is 3.09. The maximum Gasteiger partial charge on any atom is 0.129 e. The Hall–Kier alpha value is -1.10. The third-order valence-corrected chi connectivity index (χ3v) is 3.60. The van der Waals surface area contributed by atoms with Crippen LogP contribution < -0.4 is 5.32 Å². The van der Waals surface area contributed by atoms with E-state index in [4.69, 9.17) is 9.15 Å². The highest BCUT2D eigenvalue weighted by atomic mass is 32.1. The van der Waals surface area contributed by atoms with E-state index in [1.54, 1.807) is 6.26 Å². The van der Waals surface area contributed by atoms with Crippen molar-refractivity contribution in [2.45, 2.75) is 26.7 Å². The summed E-state index contributed by atoms with van der Waals surface area (Å²) in [5.41, 5.74) is 1.27. The zero-order valence-electron chi connectivity index (χ0n) is 10.2. The average molecular weight is 251 g/mol. The fraction of sp³-hybridized carbons (Fsp3) is 0.385. The van der Waals surface area contributed by atoms with Gasteiger partial charge in [-0.2, -0.15) is 0 Å². The van der Waals surface area contributed by atoms with Crippen LogP contribution in [-0.4, -0.2) is 7.05 Å². The summed E-state index contributed by atoms with van der Waals surface area (Å²) in [6.07, 6.45) is 1.67. The quantitative estimate of drug-likeness (QED) is 0.856. The summed E-state index contributed by atoms with van der Waals surface area (Å²) in [6, 6.07) is 6.01. The van der Waals surface area contributed by atoms with Gasteiger partial charge in [0.2, 0.25) is 0 Å². The van der Waals surface area contributed by atoms with Gasteiger partial charge in [0.25, 0.3) is 0 Å². The zero-order chi connectivity index (χ0) is 12.1. The number of rotatable bonds is 6. The molecule has 17 heavy (non-hydrogen) atoms. The van der Waals surface area contributed by atoms with Gasteiger partial charge >= 0.3 is 0 Å². The van der Waals surface area contributed by atoms with E-state index < -0.39 is 0 Å². The number of hydrogen-bond acceptors (Lipinski definition) is 4. The van der Waals surface area contributed by atoms with E-state index in [0.717, 1.165) is 12.3 Å². The highest BCUT2D eigenvalue weighted by Crippen LogP contribution is 2.22. The predicted molar refractivity (Wildman–Crippen MR) is 69.0 cm³/mol. The van der Waals surface area contributed by atoms with E-state index in [9.17, 15) is 0 Å². The lowest BCUT2D eigenvalue weighted by molar-refractivity contribution is 0.0928. The lowest BCUT2D eigenvalue weighted by Crippen LogP contribution is -2.02. The van der Waals surface area contributed by atoms with Gasteiger partial charge in [0, 0.05) is 16.3 Å². The van der Waals surface area contributed by atoms with Gasteiger partial charge in [0.1, 0.15) is 12.4 Å². The Kier molecular flexibility index (Phi) is 4.36. The molecule has 0 aliphatic heterocycles. The Bertz CT molecular complexity index is 448. The molecule has 92 valence electrons. The van der Waals surface area contributed by atoms with E-state index in [0.29, 0.717) is 13.2 Å². The molecule has 2 heterocycles. The summed E-state index contributed by atoms with van der Waals surface area (Å²) in [4.78, 5) is 2.68. The van der Waals surface area contributed by atoms with Crippen LogP contribution in [-0.2, 0) is 24.5 Å². The van der Waals surface area contributed by atoms with Crippen LogP contribution in [0.2, 0.25) is 0 Å². The van der Waals surface area contributed by atoms with Crippen molar-refractivity contribution in [3.63, 3.8) is 0 Å². The molecule has 0 spiro atoms. The summed E-state index contributed by atoms with van der Waals surface area (Å²) in [5.74, 6) is 0.869. The second-order valence-electron chi connectivity index (χ2n) is 3.90. The molecule has 0 saturated heterocycles. The van der Waals surface area contributed by atoms with Crippen LogP contribution >= 0.6 is 11.3 Å². The van der Waals surface area contributed by atoms with Crippen molar-refractivity contribution in [2.75, 3.05) is 7.05 Å². The highest BCUT2D eigenvalue weighted by molar-refractivity contribution is 7.12. The molecule has 0 fully saturated rings. The molecule has 0 unspecified atom stereocenters. The molecule has 0 atom stereocenters. The summed E-state index contributed by atoms with van der Waals surface area (Å²) in [6.45, 7) is 4.23. The number of furan rings is 1. The minimum atomic E-state index is 0.531. The third kappa shape index (κ3) is 3.43. The molecule has 0 radical (unpaired) electrons. The van der Waals surface area contributed by atoms with Crippen molar-refractivity contribution in [1.29, 1.82) is 0 Å². The molecule has 0 aliphatic rings. The first-order valence-electron chi connectivity index (χ1n) is 5.62. The van der Waals surface area contributed by atoms with Gasteiger partial charge in [-0.25, -0.2) is 0 Å². The summed E-state index contributed by atoms with van der Waals surface area (Å²) < 4.78 is 10.8. The first kappa shape index (κ1) is 12.4. The minimum absolute atomic E-state index is 0.531. The molecule has 0 amide bonds. The first-order chi connectivity index (χ1) is 8.29. The van der Waals surface area contributed by atoms with Crippen molar-refractivity contribution in [2.24, 2.45) is 0 Å². The fourth-order valence-electron chi connectivity index (χ4n) is 1.65. The van der Waals surface area contributed by atoms with Crippen molar-refractivity contribution < 1.29 is 9.15 Å². The van der Waals surface area contributed by atoms with Gasteiger partial charge in [-0.1, -0.05) is 0 Å². The maximum atomic E-state index is 5.63. The number of nitrogens with one attached hydrogen (secondary N) is 1. The van der Waals surface area contributed by atoms with Gasteiger partial charge in [-0.15, -0.1) is 11.3 Å². The monoisotopic (exact) mass is 251 g/mol. The molecule has 0 aromatic carbocycles. The van der Waals surface area contributed by atoms with Gasteiger partial charge in [0.15, 0.2) is 0 Å². The number of aryl methyl sites for hydroxylation is 1. The van der Waals surface area contributed by atoms with Gasteiger partial charge < -0.3 is 14.5 Å². The van der Waals surface area contributed by atoms with Gasteiger partial charge in [-0.05, 0) is 37.7 Å². The lowest BCUT2D eigenvalue weighted by atomic mass is 10.2. The Balaban J connectivity index is 1.86. The molecule has 4 heteroatoms. The van der Waals surface area contributed by atoms with E-state index in [1.807, 2.05) is 30.5 Å². The van der Waals surface area contributed by atoms with Crippen molar-refractivity contribution >= 4 is 11.3 Å². The largest absolute Gasteiger partial charge is 0.467 e. The molecule has 0 aliphatic carbocycles. The Morgan fingerprint density at radius 2 is 2.29 bits per heavy atom. The summed E-state index contributed by atoms with van der Waals surface area (Å²) in [5, 5.41) is 3.16. The SMILES string of the molecule is CNCc1cc(COCc2ccco2)c(C)s1. The highest BCUT2D eigenvalue weighted by Gasteiger charge is 2.05. The zero-order valence-corrected chi connectivity index (χ0v) is 11.0. The van der Waals surface area contributed by atoms with Crippen LogP contribution in [0.3, 0.4) is 0 Å². The van der Waals surface area contributed by atoms with Crippen LogP contribution in [0.15, 0.2) is 28.9 Å². The van der Waals surface area contributed by atoms with Crippen LogP contribution in [0.1, 0.15) is 21.1 Å². The van der Waals surface area contributed by atoms with Crippen LogP contribution in [0.4, 0.5) is 0 Å². The van der Waals surface area contributed by atoms with Crippen molar-refractivity contribution in [3.8, 4) is 0 Å². The Morgan fingerprint density at radius 1 is 1.41 bits per heavy atom. The van der Waals surface area contributed by atoms with E-state index >= 15 is 0 Å². The average Bonchev–Trinajstić information content (AvgIpc) is 2.90. The van der Waals surface area contributed by atoms with Gasteiger partial charge in [0.05, 0.1) is 12.9 Å². The summed E-state index contributed by atoms with van der Waals surface area (Å²) in [7, 11) is 1.96. The van der Waals surface area contributed by atoms with Crippen LogP contribution in [0, 0.1) is 6.92 Å². The number of thiophene rings is 1. The second kappa shape index (κ2) is 6.00. The summed E-state index contributed by atoms with van der Waals surface area (Å²) >= 11 is 1.82. The van der Waals surface area contributed by atoms with E-state index in [1.165, 1.54) is 15.3 Å². The van der Waals surface area contributed by atoms with E-state index in [2.05, 4.69) is 18.3 Å². The molecule has 2 rings (SSSR count). The molecule has 2 aromatic rings. The van der Waals surface area contributed by atoms with E-state index in [-0.39, 0.29) is 0 Å². The minimum Gasteiger partial charge on any atom is -0.467 e. The third-order valence-electron chi connectivity index (χ3n) is 2.50. The number of ether oxygens (including phenoxy) is 1. The molecule has 0 saturated carbocycles. The fourth-order valence-corrected chi connectivity index (χ4v) is 2.71. The normalized spacial score (nSPS) is 10.9. The van der Waals surface area contributed by atoms with Crippen molar-refractivity contribution in [1.82, 2.24) is 5.32 Å². The first-order valence-corrected chi connectivity index (χ1v) is 6.44. The lowest BCUT2D eigenvalue weighted by Gasteiger charge is -2.01. The molecule has 0 bridgehead atoms. The number of hydrogen-bond donors (Lipinski definition) is 1. The Morgan fingerprint density at radius 3 is 3.00 bits per heavy atom. The van der Waals surface area contributed by atoms with Crippen molar-refractivity contribution in [3.05, 3.63) is 45.5 Å². The molecule has 2 aromatic heterocycles. The maximum absolute atomic E-state index is 5.63. The molecule has 3 nitrogen and oxygen atoms in total. The molecule has 1 N–H and O–H groups in total. The standard InChI is InChI=1S/C13H17NO2S/c1-10-11(6-13(17-10)7-14-2)8-15-9-12-4-3-5-16-12/h3-6,14H,7-9H2,1-2H3. The second-order valence-corrected chi connectivity index (χ2v) is 5.24.